The SMILES string of the molecule is CN=C(NCc1ccc(C)cc1OC)NCC1(c2cc(C)ccc2OC)CCOCC1.I. The molecule has 0 aromatic heterocycles. The number of guanidine groups is 1. The van der Waals surface area contributed by atoms with Crippen LogP contribution in [0.2, 0.25) is 0 Å². The van der Waals surface area contributed by atoms with Gasteiger partial charge in [-0.25, -0.2) is 0 Å². The smallest absolute Gasteiger partial charge is 0.191 e. The standard InChI is InChI=1S/C25H35N3O3.HI/c1-18-7-9-22(29-4)21(14-18)25(10-12-31-13-11-25)17-28-24(26-3)27-16-20-8-6-19(2)15-23(20)30-5;/h6-9,14-15H,10-13,16-17H2,1-5H3,(H2,26,27,28);1H. The summed E-state index contributed by atoms with van der Waals surface area (Å²) in [6.07, 6.45) is 1.87. The van der Waals surface area contributed by atoms with Crippen molar-refractivity contribution in [2.24, 2.45) is 4.99 Å². The van der Waals surface area contributed by atoms with Gasteiger partial charge in [-0.1, -0.05) is 29.8 Å². The van der Waals surface area contributed by atoms with E-state index in [4.69, 9.17) is 14.2 Å². The van der Waals surface area contributed by atoms with E-state index in [0.717, 1.165) is 55.6 Å². The lowest BCUT2D eigenvalue weighted by Gasteiger charge is -2.39. The zero-order valence-electron chi connectivity index (χ0n) is 19.8. The molecule has 0 saturated carbocycles. The molecule has 2 aromatic rings. The summed E-state index contributed by atoms with van der Waals surface area (Å²) in [6, 6.07) is 12.6. The molecule has 0 unspecified atom stereocenters. The molecule has 32 heavy (non-hydrogen) atoms. The first-order valence-corrected chi connectivity index (χ1v) is 10.8. The fourth-order valence-corrected chi connectivity index (χ4v) is 4.19. The number of aliphatic imine (C=N–C) groups is 1. The zero-order valence-corrected chi connectivity index (χ0v) is 22.1. The van der Waals surface area contributed by atoms with E-state index < -0.39 is 0 Å². The van der Waals surface area contributed by atoms with Gasteiger partial charge in [0, 0.05) is 49.9 Å². The molecule has 7 heteroatoms. The van der Waals surface area contributed by atoms with Gasteiger partial charge in [0.15, 0.2) is 5.96 Å². The van der Waals surface area contributed by atoms with Gasteiger partial charge in [0.05, 0.1) is 14.2 Å². The molecule has 3 rings (SSSR count). The monoisotopic (exact) mass is 553 g/mol. The molecule has 0 atom stereocenters. The number of methoxy groups -OCH3 is 2. The minimum atomic E-state index is -0.0746. The topological polar surface area (TPSA) is 64.1 Å². The van der Waals surface area contributed by atoms with Crippen LogP contribution in [0.4, 0.5) is 0 Å². The Morgan fingerprint density at radius 1 is 0.969 bits per heavy atom. The van der Waals surface area contributed by atoms with Crippen molar-refractivity contribution < 1.29 is 14.2 Å². The molecule has 0 bridgehead atoms. The van der Waals surface area contributed by atoms with Crippen LogP contribution in [-0.2, 0) is 16.7 Å². The van der Waals surface area contributed by atoms with Gasteiger partial charge in [-0.2, -0.15) is 0 Å². The quantitative estimate of drug-likeness (QED) is 0.303. The van der Waals surface area contributed by atoms with Gasteiger partial charge in [-0.3, -0.25) is 4.99 Å². The maximum Gasteiger partial charge on any atom is 0.191 e. The minimum Gasteiger partial charge on any atom is -0.496 e. The van der Waals surface area contributed by atoms with Crippen LogP contribution in [0.15, 0.2) is 41.4 Å². The predicted molar refractivity (Wildman–Crippen MR) is 141 cm³/mol. The number of benzene rings is 2. The predicted octanol–water partition coefficient (Wildman–Crippen LogP) is 4.35. The summed E-state index contributed by atoms with van der Waals surface area (Å²) < 4.78 is 16.9. The highest BCUT2D eigenvalue weighted by Gasteiger charge is 2.37. The number of nitrogens with zero attached hydrogens (tertiary/aromatic N) is 1. The van der Waals surface area contributed by atoms with E-state index in [-0.39, 0.29) is 29.4 Å². The molecular formula is C25H36IN3O3. The maximum absolute atomic E-state index is 5.72. The van der Waals surface area contributed by atoms with Crippen LogP contribution in [0, 0.1) is 13.8 Å². The third-order valence-electron chi connectivity index (χ3n) is 6.08. The second-order valence-corrected chi connectivity index (χ2v) is 8.19. The van der Waals surface area contributed by atoms with Crippen molar-refractivity contribution in [2.75, 3.05) is 41.0 Å². The molecule has 0 spiro atoms. The maximum atomic E-state index is 5.72. The normalized spacial score (nSPS) is 15.5. The highest BCUT2D eigenvalue weighted by Crippen LogP contribution is 2.40. The summed E-state index contributed by atoms with van der Waals surface area (Å²) in [5, 5.41) is 6.98. The molecule has 2 aromatic carbocycles. The van der Waals surface area contributed by atoms with E-state index in [2.05, 4.69) is 59.8 Å². The number of hydrogen-bond donors (Lipinski definition) is 2. The Morgan fingerprint density at radius 3 is 2.28 bits per heavy atom. The van der Waals surface area contributed by atoms with Crippen LogP contribution in [-0.4, -0.2) is 47.0 Å². The van der Waals surface area contributed by atoms with Crippen LogP contribution in [0.3, 0.4) is 0 Å². The summed E-state index contributed by atoms with van der Waals surface area (Å²) in [4.78, 5) is 4.44. The molecule has 176 valence electrons. The molecule has 1 aliphatic heterocycles. The lowest BCUT2D eigenvalue weighted by molar-refractivity contribution is 0.0505. The fraction of sp³-hybridized carbons (Fsp3) is 0.480. The Hall–Kier alpha value is -2.00. The van der Waals surface area contributed by atoms with Crippen LogP contribution < -0.4 is 20.1 Å². The average Bonchev–Trinajstić information content (AvgIpc) is 2.80. The van der Waals surface area contributed by atoms with Gasteiger partial charge in [0.25, 0.3) is 0 Å². The van der Waals surface area contributed by atoms with Gasteiger partial charge in [0.2, 0.25) is 0 Å². The van der Waals surface area contributed by atoms with Gasteiger partial charge in [-0.05, 0) is 44.4 Å². The first-order chi connectivity index (χ1) is 15.0. The fourth-order valence-electron chi connectivity index (χ4n) is 4.19. The molecule has 2 N–H and O–H groups in total. The van der Waals surface area contributed by atoms with Gasteiger partial charge < -0.3 is 24.8 Å². The molecular weight excluding hydrogens is 517 g/mol. The molecule has 1 saturated heterocycles. The molecule has 1 aliphatic rings. The van der Waals surface area contributed by atoms with E-state index in [9.17, 15) is 0 Å². The molecule has 0 aliphatic carbocycles. The summed E-state index contributed by atoms with van der Waals surface area (Å²) >= 11 is 0. The van der Waals surface area contributed by atoms with Gasteiger partial charge >= 0.3 is 0 Å². The Bertz CT molecular complexity index is 911. The summed E-state index contributed by atoms with van der Waals surface area (Å²) in [6.45, 7) is 7.05. The second kappa shape index (κ2) is 12.3. The Labute approximate surface area is 209 Å². The largest absolute Gasteiger partial charge is 0.496 e. The van der Waals surface area contributed by atoms with E-state index >= 15 is 0 Å². The number of nitrogens with one attached hydrogen (secondary N) is 2. The number of aryl methyl sites for hydroxylation is 2. The van der Waals surface area contributed by atoms with Crippen molar-refractivity contribution in [1.82, 2.24) is 10.6 Å². The number of ether oxygens (including phenoxy) is 3. The van der Waals surface area contributed by atoms with Crippen molar-refractivity contribution in [1.29, 1.82) is 0 Å². The molecule has 0 radical (unpaired) electrons. The van der Waals surface area contributed by atoms with Gasteiger partial charge in [0.1, 0.15) is 11.5 Å². The Morgan fingerprint density at radius 2 is 1.62 bits per heavy atom. The molecule has 1 fully saturated rings. The summed E-state index contributed by atoms with van der Waals surface area (Å²) in [7, 11) is 5.24. The van der Waals surface area contributed by atoms with Crippen molar-refractivity contribution in [3.8, 4) is 11.5 Å². The van der Waals surface area contributed by atoms with E-state index in [0.29, 0.717) is 6.54 Å². The van der Waals surface area contributed by atoms with Gasteiger partial charge in [-0.15, -0.1) is 24.0 Å². The lowest BCUT2D eigenvalue weighted by Crippen LogP contribution is -2.48. The lowest BCUT2D eigenvalue weighted by atomic mass is 9.73. The first kappa shape index (κ1) is 26.3. The van der Waals surface area contributed by atoms with Crippen LogP contribution in [0.5, 0.6) is 11.5 Å². The average molecular weight is 553 g/mol. The number of rotatable bonds is 7. The number of halogens is 1. The van der Waals surface area contributed by atoms with Crippen LogP contribution in [0.25, 0.3) is 0 Å². The second-order valence-electron chi connectivity index (χ2n) is 8.19. The Kier molecular flexibility index (Phi) is 10.1. The van der Waals surface area contributed by atoms with Crippen molar-refractivity contribution in [3.05, 3.63) is 58.7 Å². The third-order valence-corrected chi connectivity index (χ3v) is 6.08. The highest BCUT2D eigenvalue weighted by atomic mass is 127. The van der Waals surface area contributed by atoms with Crippen molar-refractivity contribution >= 4 is 29.9 Å². The third kappa shape index (κ3) is 6.28. The van der Waals surface area contributed by atoms with Crippen LogP contribution in [0.1, 0.15) is 35.1 Å². The Balaban J connectivity index is 0.00000363. The molecule has 1 heterocycles. The van der Waals surface area contributed by atoms with Crippen molar-refractivity contribution in [2.45, 2.75) is 38.6 Å². The molecule has 0 amide bonds. The van der Waals surface area contributed by atoms with Crippen molar-refractivity contribution in [3.63, 3.8) is 0 Å². The number of hydrogen-bond acceptors (Lipinski definition) is 4. The van der Waals surface area contributed by atoms with Crippen LogP contribution >= 0.6 is 24.0 Å². The highest BCUT2D eigenvalue weighted by molar-refractivity contribution is 14.0. The zero-order chi connectivity index (χ0) is 22.3. The summed E-state index contributed by atoms with van der Waals surface area (Å²) in [5.41, 5.74) is 4.67. The molecule has 6 nitrogen and oxygen atoms in total. The minimum absolute atomic E-state index is 0. The first-order valence-electron chi connectivity index (χ1n) is 10.8. The van der Waals surface area contributed by atoms with E-state index in [1.807, 2.05) is 6.07 Å². The summed E-state index contributed by atoms with van der Waals surface area (Å²) in [5.74, 6) is 2.58. The van der Waals surface area contributed by atoms with E-state index in [1.165, 1.54) is 16.7 Å². The van der Waals surface area contributed by atoms with E-state index in [1.54, 1.807) is 21.3 Å².